The number of nitriles is 1. The van der Waals surface area contributed by atoms with Gasteiger partial charge in [-0.05, 0) is 43.0 Å². The second kappa shape index (κ2) is 5.60. The average molecular weight is 230 g/mol. The van der Waals surface area contributed by atoms with E-state index < -0.39 is 0 Å². The Kier molecular flexibility index (Phi) is 3.89. The van der Waals surface area contributed by atoms with Crippen LogP contribution >= 0.6 is 0 Å². The minimum absolute atomic E-state index is 0.343. The van der Waals surface area contributed by atoms with Gasteiger partial charge in [0.1, 0.15) is 5.82 Å². The van der Waals surface area contributed by atoms with E-state index in [0.29, 0.717) is 18.2 Å². The second-order valence-electron chi connectivity index (χ2n) is 4.32. The Morgan fingerprint density at radius 3 is 2.94 bits per heavy atom. The highest BCUT2D eigenvalue weighted by molar-refractivity contribution is 5.33. The van der Waals surface area contributed by atoms with Crippen LogP contribution in [0.4, 0.5) is 4.39 Å². The van der Waals surface area contributed by atoms with Crippen molar-refractivity contribution >= 4 is 0 Å². The molecule has 1 aromatic carbocycles. The van der Waals surface area contributed by atoms with Crippen LogP contribution in [0.2, 0.25) is 0 Å². The van der Waals surface area contributed by atoms with Gasteiger partial charge in [-0.25, -0.2) is 4.39 Å². The van der Waals surface area contributed by atoms with Gasteiger partial charge in [0, 0.05) is 12.6 Å². The van der Waals surface area contributed by atoms with Gasteiger partial charge in [0.25, 0.3) is 0 Å². The molecule has 1 unspecified atom stereocenters. The van der Waals surface area contributed by atoms with Crippen LogP contribution in [0.15, 0.2) is 30.4 Å². The molecule has 0 saturated carbocycles. The van der Waals surface area contributed by atoms with Crippen molar-refractivity contribution < 1.29 is 4.39 Å². The van der Waals surface area contributed by atoms with Crippen LogP contribution in [-0.4, -0.2) is 6.04 Å². The lowest BCUT2D eigenvalue weighted by Crippen LogP contribution is -2.29. The van der Waals surface area contributed by atoms with Gasteiger partial charge in [-0.15, -0.1) is 0 Å². The zero-order valence-electron chi connectivity index (χ0n) is 9.62. The van der Waals surface area contributed by atoms with Gasteiger partial charge in [-0.2, -0.15) is 5.26 Å². The van der Waals surface area contributed by atoms with E-state index in [1.165, 1.54) is 12.1 Å². The topological polar surface area (TPSA) is 35.8 Å². The Balaban J connectivity index is 1.96. The molecule has 0 saturated heterocycles. The number of hydrogen-bond acceptors (Lipinski definition) is 2. The van der Waals surface area contributed by atoms with Gasteiger partial charge in [0.2, 0.25) is 0 Å². The maximum absolute atomic E-state index is 13.2. The van der Waals surface area contributed by atoms with Crippen LogP contribution in [0, 0.1) is 17.1 Å². The molecule has 17 heavy (non-hydrogen) atoms. The Bertz CT molecular complexity index is 460. The Morgan fingerprint density at radius 1 is 1.35 bits per heavy atom. The van der Waals surface area contributed by atoms with Crippen molar-refractivity contribution in [3.8, 4) is 6.07 Å². The van der Waals surface area contributed by atoms with Crippen LogP contribution in [0.25, 0.3) is 0 Å². The molecule has 0 aliphatic heterocycles. The number of hydrogen-bond donors (Lipinski definition) is 1. The summed E-state index contributed by atoms with van der Waals surface area (Å²) in [5.41, 5.74) is 1.21. The first kappa shape index (κ1) is 11.8. The summed E-state index contributed by atoms with van der Waals surface area (Å²) in [7, 11) is 0. The fraction of sp³-hybridized carbons (Fsp3) is 0.357. The standard InChI is InChI=1S/C14H15FN2/c15-13-7-11(9-16)6-12(8-13)10-17-14-4-2-1-3-5-14/h1-2,6-8,14,17H,3-5,10H2. The molecule has 0 radical (unpaired) electrons. The number of halogens is 1. The maximum Gasteiger partial charge on any atom is 0.124 e. The quantitative estimate of drug-likeness (QED) is 0.810. The highest BCUT2D eigenvalue weighted by atomic mass is 19.1. The Morgan fingerprint density at radius 2 is 2.24 bits per heavy atom. The summed E-state index contributed by atoms with van der Waals surface area (Å²) in [5.74, 6) is -0.343. The molecule has 0 aromatic heterocycles. The van der Waals surface area contributed by atoms with Crippen LogP contribution in [-0.2, 0) is 6.54 Å². The molecule has 0 fully saturated rings. The van der Waals surface area contributed by atoms with E-state index in [2.05, 4.69) is 17.5 Å². The smallest absolute Gasteiger partial charge is 0.124 e. The summed E-state index contributed by atoms with van der Waals surface area (Å²) in [5, 5.41) is 12.1. The normalized spacial score (nSPS) is 18.9. The molecule has 2 nitrogen and oxygen atoms in total. The summed E-state index contributed by atoms with van der Waals surface area (Å²) in [4.78, 5) is 0. The zero-order valence-corrected chi connectivity index (χ0v) is 9.62. The number of allylic oxidation sites excluding steroid dienone is 1. The maximum atomic E-state index is 13.2. The molecule has 1 aliphatic rings. The lowest BCUT2D eigenvalue weighted by molar-refractivity contribution is 0.473. The fourth-order valence-electron chi connectivity index (χ4n) is 2.06. The Labute approximate surface area is 101 Å². The lowest BCUT2D eigenvalue weighted by atomic mass is 10.0. The highest BCUT2D eigenvalue weighted by Gasteiger charge is 2.09. The molecule has 88 valence electrons. The van der Waals surface area contributed by atoms with Crippen LogP contribution in [0.5, 0.6) is 0 Å². The van der Waals surface area contributed by atoms with Crippen molar-refractivity contribution in [2.45, 2.75) is 31.8 Å². The van der Waals surface area contributed by atoms with Crippen LogP contribution < -0.4 is 5.32 Å². The van der Waals surface area contributed by atoms with Gasteiger partial charge >= 0.3 is 0 Å². The SMILES string of the molecule is N#Cc1cc(F)cc(CNC2CC=CCC2)c1. The molecule has 2 rings (SSSR count). The molecule has 1 N–H and O–H groups in total. The summed E-state index contributed by atoms with van der Waals surface area (Å²) in [6, 6.07) is 6.90. The third kappa shape index (κ3) is 3.40. The van der Waals surface area contributed by atoms with Gasteiger partial charge in [0.15, 0.2) is 0 Å². The van der Waals surface area contributed by atoms with Crippen molar-refractivity contribution in [2.75, 3.05) is 0 Å². The van der Waals surface area contributed by atoms with Crippen LogP contribution in [0.1, 0.15) is 30.4 Å². The zero-order chi connectivity index (χ0) is 12.1. The minimum Gasteiger partial charge on any atom is -0.310 e. The molecule has 1 atom stereocenters. The molecule has 0 spiro atoms. The van der Waals surface area contributed by atoms with E-state index in [1.807, 2.05) is 6.07 Å². The average Bonchev–Trinajstić information content (AvgIpc) is 2.37. The number of nitrogens with zero attached hydrogens (tertiary/aromatic N) is 1. The number of rotatable bonds is 3. The van der Waals surface area contributed by atoms with Crippen molar-refractivity contribution in [1.82, 2.24) is 5.32 Å². The number of benzene rings is 1. The van der Waals surface area contributed by atoms with E-state index >= 15 is 0 Å². The van der Waals surface area contributed by atoms with E-state index in [-0.39, 0.29) is 5.82 Å². The van der Waals surface area contributed by atoms with Crippen molar-refractivity contribution in [2.24, 2.45) is 0 Å². The minimum atomic E-state index is -0.343. The molecule has 1 aromatic rings. The predicted molar refractivity (Wildman–Crippen MR) is 64.7 cm³/mol. The summed E-state index contributed by atoms with van der Waals surface area (Å²) in [6.45, 7) is 0.616. The van der Waals surface area contributed by atoms with Crippen LogP contribution in [0.3, 0.4) is 0 Å². The van der Waals surface area contributed by atoms with Gasteiger partial charge in [0.05, 0.1) is 11.6 Å². The molecule has 0 heterocycles. The van der Waals surface area contributed by atoms with Gasteiger partial charge in [-0.1, -0.05) is 12.2 Å². The number of nitrogens with one attached hydrogen (secondary N) is 1. The van der Waals surface area contributed by atoms with E-state index in [1.54, 1.807) is 6.07 Å². The molecule has 1 aliphatic carbocycles. The monoisotopic (exact) mass is 230 g/mol. The van der Waals surface area contributed by atoms with Gasteiger partial charge < -0.3 is 5.32 Å². The largest absolute Gasteiger partial charge is 0.310 e. The fourth-order valence-corrected chi connectivity index (χ4v) is 2.06. The third-order valence-electron chi connectivity index (χ3n) is 2.95. The molecule has 3 heteroatoms. The summed E-state index contributed by atoms with van der Waals surface area (Å²) in [6.07, 6.45) is 7.61. The predicted octanol–water partition coefficient (Wildman–Crippen LogP) is 2.90. The van der Waals surface area contributed by atoms with Crippen molar-refractivity contribution in [3.63, 3.8) is 0 Å². The van der Waals surface area contributed by atoms with Crippen molar-refractivity contribution in [1.29, 1.82) is 5.26 Å². The highest BCUT2D eigenvalue weighted by Crippen LogP contribution is 2.13. The Hall–Kier alpha value is -1.66. The van der Waals surface area contributed by atoms with E-state index in [4.69, 9.17) is 5.26 Å². The molecular weight excluding hydrogens is 215 g/mol. The lowest BCUT2D eigenvalue weighted by Gasteiger charge is -2.19. The molecule has 0 amide bonds. The summed E-state index contributed by atoms with van der Waals surface area (Å²) >= 11 is 0. The van der Waals surface area contributed by atoms with Gasteiger partial charge in [-0.3, -0.25) is 0 Å². The second-order valence-corrected chi connectivity index (χ2v) is 4.32. The first-order valence-corrected chi connectivity index (χ1v) is 5.86. The van der Waals surface area contributed by atoms with Crippen molar-refractivity contribution in [3.05, 3.63) is 47.3 Å². The van der Waals surface area contributed by atoms with E-state index in [9.17, 15) is 4.39 Å². The first-order chi connectivity index (χ1) is 8.28. The summed E-state index contributed by atoms with van der Waals surface area (Å²) < 4.78 is 13.2. The molecular formula is C14H15FN2. The van der Waals surface area contributed by atoms with E-state index in [0.717, 1.165) is 24.8 Å². The molecule has 0 bridgehead atoms. The third-order valence-corrected chi connectivity index (χ3v) is 2.95. The first-order valence-electron chi connectivity index (χ1n) is 5.86.